The molecule has 0 spiro atoms. The number of ether oxygens (including phenoxy) is 4. The molecular weight excluding hydrogens is 560 g/mol. The maximum absolute atomic E-state index is 13.2. The highest BCUT2D eigenvalue weighted by Crippen LogP contribution is 2.34. The molecule has 4 rings (SSSR count). The molecule has 0 unspecified atom stereocenters. The van der Waals surface area contributed by atoms with Crippen LogP contribution in [0, 0.1) is 11.8 Å². The Bertz CT molecular complexity index is 1440. The molecule has 1 fully saturated rings. The van der Waals surface area contributed by atoms with E-state index in [1.54, 1.807) is 0 Å². The van der Waals surface area contributed by atoms with Gasteiger partial charge in [-0.15, -0.1) is 0 Å². The van der Waals surface area contributed by atoms with Gasteiger partial charge in [-0.05, 0) is 79.6 Å². The van der Waals surface area contributed by atoms with E-state index in [0.717, 1.165) is 37.3 Å². The minimum Gasteiger partial charge on any atom is -0.457 e. The quantitative estimate of drug-likeness (QED) is 0.0855. The van der Waals surface area contributed by atoms with E-state index >= 15 is 0 Å². The highest BCUT2D eigenvalue weighted by molar-refractivity contribution is 5.95. The molecule has 0 N–H and O–H groups in total. The van der Waals surface area contributed by atoms with E-state index in [4.69, 9.17) is 18.9 Å². The molecule has 3 aromatic carbocycles. The van der Waals surface area contributed by atoms with Crippen molar-refractivity contribution in [2.45, 2.75) is 64.9 Å². The van der Waals surface area contributed by atoms with Gasteiger partial charge in [-0.2, -0.15) is 0 Å². The average Bonchev–Trinajstić information content (AvgIpc) is 3.05. The van der Waals surface area contributed by atoms with Crippen LogP contribution in [-0.2, 0) is 20.9 Å². The van der Waals surface area contributed by atoms with E-state index in [1.807, 2.05) is 30.3 Å². The highest BCUT2D eigenvalue weighted by atomic mass is 16.6. The Morgan fingerprint density at radius 3 is 2.18 bits per heavy atom. The standard InChI is InChI=1S/C36H38O8/c1-3-5-7-10-25-13-15-27(16-14-25)35(39)44-32-22-21-30(23-31(32)36(40)41-24-26-11-8-6-9-12-26)43-34(38)28-17-19-29(20-18-28)42-33(37)4-2/h4,6,8-9,11-12,17-23,25,27H,2-3,5,7,10,13-16,24H2,1H3. The van der Waals surface area contributed by atoms with Crippen LogP contribution in [0.25, 0.3) is 0 Å². The van der Waals surface area contributed by atoms with Crippen LogP contribution in [0.4, 0.5) is 0 Å². The largest absolute Gasteiger partial charge is 0.457 e. The molecule has 3 aromatic rings. The lowest BCUT2D eigenvalue weighted by Crippen LogP contribution is -2.26. The summed E-state index contributed by atoms with van der Waals surface area (Å²) in [5.41, 5.74) is 0.955. The smallest absolute Gasteiger partial charge is 0.343 e. The van der Waals surface area contributed by atoms with Crippen LogP contribution in [0.2, 0.25) is 0 Å². The van der Waals surface area contributed by atoms with E-state index in [-0.39, 0.29) is 46.9 Å². The number of carbonyl (C=O) groups is 4. The van der Waals surface area contributed by atoms with E-state index in [0.29, 0.717) is 5.92 Å². The predicted molar refractivity (Wildman–Crippen MR) is 164 cm³/mol. The molecular formula is C36H38O8. The number of unbranched alkanes of at least 4 members (excludes halogenated alkanes) is 2. The minimum absolute atomic E-state index is 0.0158. The summed E-state index contributed by atoms with van der Waals surface area (Å²) in [6, 6.07) is 19.2. The van der Waals surface area contributed by atoms with Gasteiger partial charge in [0.2, 0.25) is 0 Å². The van der Waals surface area contributed by atoms with Crippen LogP contribution in [-0.4, -0.2) is 23.9 Å². The van der Waals surface area contributed by atoms with Gasteiger partial charge in [0.05, 0.1) is 11.5 Å². The summed E-state index contributed by atoms with van der Waals surface area (Å²) in [6.07, 6.45) is 9.36. The number of hydrogen-bond donors (Lipinski definition) is 0. The summed E-state index contributed by atoms with van der Waals surface area (Å²) in [5.74, 6) is -1.66. The van der Waals surface area contributed by atoms with Crippen LogP contribution in [0.15, 0.2) is 85.5 Å². The maximum Gasteiger partial charge on any atom is 0.343 e. The number of esters is 4. The molecule has 8 nitrogen and oxygen atoms in total. The molecule has 0 saturated heterocycles. The number of carbonyl (C=O) groups excluding carboxylic acids is 4. The van der Waals surface area contributed by atoms with Crippen molar-refractivity contribution < 1.29 is 38.1 Å². The van der Waals surface area contributed by atoms with Gasteiger partial charge < -0.3 is 18.9 Å². The summed E-state index contributed by atoms with van der Waals surface area (Å²) < 4.78 is 21.8. The molecule has 1 aliphatic rings. The lowest BCUT2D eigenvalue weighted by molar-refractivity contribution is -0.140. The van der Waals surface area contributed by atoms with E-state index in [2.05, 4.69) is 13.5 Å². The number of hydrogen-bond acceptors (Lipinski definition) is 8. The fourth-order valence-corrected chi connectivity index (χ4v) is 5.17. The number of rotatable bonds is 13. The Morgan fingerprint density at radius 1 is 0.795 bits per heavy atom. The molecule has 0 atom stereocenters. The average molecular weight is 599 g/mol. The Hall–Kier alpha value is -4.72. The van der Waals surface area contributed by atoms with Gasteiger partial charge in [0, 0.05) is 6.08 Å². The first-order valence-electron chi connectivity index (χ1n) is 15.1. The van der Waals surface area contributed by atoms with Crippen LogP contribution in [0.5, 0.6) is 17.2 Å². The van der Waals surface area contributed by atoms with E-state index in [1.165, 1.54) is 68.1 Å². The fraction of sp³-hybridized carbons (Fsp3) is 0.333. The third kappa shape index (κ3) is 9.39. The lowest BCUT2D eigenvalue weighted by Gasteiger charge is -2.27. The van der Waals surface area contributed by atoms with Gasteiger partial charge >= 0.3 is 23.9 Å². The van der Waals surface area contributed by atoms with Crippen LogP contribution in [0.3, 0.4) is 0 Å². The first-order valence-corrected chi connectivity index (χ1v) is 15.1. The summed E-state index contributed by atoms with van der Waals surface area (Å²) >= 11 is 0. The van der Waals surface area contributed by atoms with Gasteiger partial charge in [0.1, 0.15) is 29.4 Å². The van der Waals surface area contributed by atoms with Crippen LogP contribution >= 0.6 is 0 Å². The van der Waals surface area contributed by atoms with Gasteiger partial charge in [-0.1, -0.05) is 69.5 Å². The fourth-order valence-electron chi connectivity index (χ4n) is 5.17. The molecule has 0 aromatic heterocycles. The van der Waals surface area contributed by atoms with Gasteiger partial charge in [-0.3, -0.25) is 4.79 Å². The molecule has 44 heavy (non-hydrogen) atoms. The van der Waals surface area contributed by atoms with Crippen molar-refractivity contribution in [2.75, 3.05) is 0 Å². The minimum atomic E-state index is -0.720. The Morgan fingerprint density at radius 2 is 1.50 bits per heavy atom. The monoisotopic (exact) mass is 598 g/mol. The van der Waals surface area contributed by atoms with Crippen LogP contribution in [0.1, 0.15) is 84.6 Å². The third-order valence-electron chi connectivity index (χ3n) is 7.68. The maximum atomic E-state index is 13.2. The first-order chi connectivity index (χ1) is 21.4. The summed E-state index contributed by atoms with van der Waals surface area (Å²) in [7, 11) is 0. The zero-order chi connectivity index (χ0) is 31.3. The molecule has 1 aliphatic carbocycles. The molecule has 0 aliphatic heterocycles. The van der Waals surface area contributed by atoms with Crippen molar-refractivity contribution in [1.29, 1.82) is 0 Å². The summed E-state index contributed by atoms with van der Waals surface area (Å²) in [6.45, 7) is 5.56. The van der Waals surface area contributed by atoms with Gasteiger partial charge in [-0.25, -0.2) is 14.4 Å². The SMILES string of the molecule is C=CC(=O)Oc1ccc(C(=O)Oc2ccc(OC(=O)C3CCC(CCCCC)CC3)c(C(=O)OCc3ccccc3)c2)cc1. The molecule has 0 heterocycles. The van der Waals surface area contributed by atoms with E-state index < -0.39 is 17.9 Å². The van der Waals surface area contributed by atoms with Gasteiger partial charge in [0.25, 0.3) is 0 Å². The zero-order valence-electron chi connectivity index (χ0n) is 25.0. The Balaban J connectivity index is 1.46. The normalized spacial score (nSPS) is 15.9. The van der Waals surface area contributed by atoms with Crippen molar-refractivity contribution in [1.82, 2.24) is 0 Å². The van der Waals surface area contributed by atoms with Crippen molar-refractivity contribution in [3.63, 3.8) is 0 Å². The molecule has 0 amide bonds. The summed E-state index contributed by atoms with van der Waals surface area (Å²) in [4.78, 5) is 50.6. The Kier molecular flexibility index (Phi) is 11.9. The van der Waals surface area contributed by atoms with Crippen molar-refractivity contribution in [2.24, 2.45) is 11.8 Å². The highest BCUT2D eigenvalue weighted by Gasteiger charge is 2.29. The van der Waals surface area contributed by atoms with Crippen molar-refractivity contribution in [3.8, 4) is 17.2 Å². The molecule has 1 saturated carbocycles. The molecule has 230 valence electrons. The van der Waals surface area contributed by atoms with E-state index in [9.17, 15) is 19.2 Å². The Labute approximate surface area is 258 Å². The third-order valence-corrected chi connectivity index (χ3v) is 7.68. The zero-order valence-corrected chi connectivity index (χ0v) is 25.0. The second kappa shape index (κ2) is 16.2. The molecule has 8 heteroatoms. The predicted octanol–water partition coefficient (Wildman–Crippen LogP) is 7.65. The second-order valence-corrected chi connectivity index (χ2v) is 10.9. The van der Waals surface area contributed by atoms with Crippen LogP contribution < -0.4 is 14.2 Å². The second-order valence-electron chi connectivity index (χ2n) is 10.9. The molecule has 0 radical (unpaired) electrons. The lowest BCUT2D eigenvalue weighted by atomic mass is 9.80. The number of benzene rings is 3. The van der Waals surface area contributed by atoms with Crippen molar-refractivity contribution >= 4 is 23.9 Å². The molecule has 0 bridgehead atoms. The summed E-state index contributed by atoms with van der Waals surface area (Å²) in [5, 5.41) is 0. The van der Waals surface area contributed by atoms with Gasteiger partial charge in [0.15, 0.2) is 0 Å². The topological polar surface area (TPSA) is 105 Å². The van der Waals surface area contributed by atoms with Crippen molar-refractivity contribution in [3.05, 3.63) is 102 Å². The first kappa shape index (κ1) is 32.2.